The van der Waals surface area contributed by atoms with Crippen LogP contribution in [0.4, 0.5) is 23.4 Å². The lowest BCUT2D eigenvalue weighted by Gasteiger charge is -2.21. The first-order chi connectivity index (χ1) is 12.1. The van der Waals surface area contributed by atoms with Gasteiger partial charge in [0.25, 0.3) is 0 Å². The van der Waals surface area contributed by atoms with Gasteiger partial charge in [-0.05, 0) is 12.8 Å². The van der Waals surface area contributed by atoms with E-state index in [-0.39, 0.29) is 22.5 Å². The summed E-state index contributed by atoms with van der Waals surface area (Å²) in [5, 5.41) is 0. The fourth-order valence-corrected chi connectivity index (χ4v) is 3.10. The lowest BCUT2D eigenvalue weighted by Crippen LogP contribution is -2.21. The molecule has 1 saturated heterocycles. The second kappa shape index (κ2) is 5.94. The van der Waals surface area contributed by atoms with Gasteiger partial charge < -0.3 is 4.90 Å². The molecule has 4 rings (SSSR count). The second-order valence-corrected chi connectivity index (χ2v) is 5.79. The summed E-state index contributed by atoms with van der Waals surface area (Å²) in [4.78, 5) is 13.9. The van der Waals surface area contributed by atoms with Crippen LogP contribution < -0.4 is 4.90 Å². The summed E-state index contributed by atoms with van der Waals surface area (Å²) in [5.41, 5.74) is -1.15. The molecule has 0 spiro atoms. The predicted molar refractivity (Wildman–Crippen MR) is 84.0 cm³/mol. The van der Waals surface area contributed by atoms with Crippen molar-refractivity contribution in [1.82, 2.24) is 15.0 Å². The number of rotatable bonds is 2. The Morgan fingerprint density at radius 2 is 1.48 bits per heavy atom. The minimum Gasteiger partial charge on any atom is -0.356 e. The molecule has 4 nitrogen and oxygen atoms in total. The molecule has 0 saturated carbocycles. The first-order valence-corrected chi connectivity index (χ1v) is 7.76. The average molecular weight is 348 g/mol. The van der Waals surface area contributed by atoms with Crippen molar-refractivity contribution in [1.29, 1.82) is 0 Å². The Hall–Kier alpha value is -2.77. The number of hydrogen-bond donors (Lipinski definition) is 0. The highest BCUT2D eigenvalue weighted by Crippen LogP contribution is 2.38. The van der Waals surface area contributed by atoms with Crippen molar-refractivity contribution in [3.8, 4) is 11.1 Å². The van der Waals surface area contributed by atoms with Gasteiger partial charge in [-0.2, -0.15) is 0 Å². The van der Waals surface area contributed by atoms with E-state index < -0.39 is 28.8 Å². The standard InChI is InChI=1S/C17H12F4N4/c18-9-7-10(19)12(11(20)8-9)13-14(21)15-16(23-4-3-22-15)24-17(13)25-5-1-2-6-25/h3-4,7-8H,1-2,5-6H2. The summed E-state index contributed by atoms with van der Waals surface area (Å²) in [6, 6.07) is 1.04. The normalized spacial score (nSPS) is 14.5. The van der Waals surface area contributed by atoms with Gasteiger partial charge in [0.05, 0.1) is 11.1 Å². The van der Waals surface area contributed by atoms with Crippen molar-refractivity contribution in [2.45, 2.75) is 12.8 Å². The molecule has 0 bridgehead atoms. The van der Waals surface area contributed by atoms with Crippen LogP contribution in [-0.2, 0) is 0 Å². The number of benzene rings is 1. The SMILES string of the molecule is Fc1cc(F)c(-c2c(N3CCCC3)nc3nccnc3c2F)c(F)c1. The van der Waals surface area contributed by atoms with E-state index >= 15 is 4.39 Å². The summed E-state index contributed by atoms with van der Waals surface area (Å²) in [7, 11) is 0. The van der Waals surface area contributed by atoms with Gasteiger partial charge in [0.1, 0.15) is 28.8 Å². The number of hydrogen-bond acceptors (Lipinski definition) is 4. The van der Waals surface area contributed by atoms with E-state index in [2.05, 4.69) is 15.0 Å². The van der Waals surface area contributed by atoms with E-state index in [4.69, 9.17) is 0 Å². The minimum atomic E-state index is -1.19. The Morgan fingerprint density at radius 1 is 0.840 bits per heavy atom. The van der Waals surface area contributed by atoms with Crippen molar-refractivity contribution in [3.05, 3.63) is 47.8 Å². The lowest BCUT2D eigenvalue weighted by molar-refractivity contribution is 0.545. The number of fused-ring (bicyclic) bond motifs is 1. The van der Waals surface area contributed by atoms with Crippen LogP contribution in [0.25, 0.3) is 22.3 Å². The zero-order valence-corrected chi connectivity index (χ0v) is 12.9. The van der Waals surface area contributed by atoms with Gasteiger partial charge in [0, 0.05) is 37.6 Å². The number of nitrogens with zero attached hydrogens (tertiary/aromatic N) is 4. The monoisotopic (exact) mass is 348 g/mol. The quantitative estimate of drug-likeness (QED) is 0.660. The van der Waals surface area contributed by atoms with E-state index in [0.717, 1.165) is 12.8 Å². The van der Waals surface area contributed by atoms with Crippen LogP contribution in [0.2, 0.25) is 0 Å². The van der Waals surface area contributed by atoms with Crippen LogP contribution in [0.3, 0.4) is 0 Å². The third-order valence-corrected chi connectivity index (χ3v) is 4.20. The zero-order valence-electron chi connectivity index (χ0n) is 12.9. The molecule has 1 fully saturated rings. The summed E-state index contributed by atoms with van der Waals surface area (Å²) < 4.78 is 57.0. The Balaban J connectivity index is 2.08. The topological polar surface area (TPSA) is 41.9 Å². The molecule has 8 heteroatoms. The summed E-state index contributed by atoms with van der Waals surface area (Å²) in [6.07, 6.45) is 4.34. The van der Waals surface area contributed by atoms with Gasteiger partial charge in [-0.15, -0.1) is 0 Å². The van der Waals surface area contributed by atoms with Crippen molar-refractivity contribution in [3.63, 3.8) is 0 Å². The molecule has 1 aliphatic rings. The Bertz CT molecular complexity index is 947. The van der Waals surface area contributed by atoms with Crippen LogP contribution in [0, 0.1) is 23.3 Å². The van der Waals surface area contributed by atoms with E-state index in [9.17, 15) is 13.2 Å². The highest BCUT2D eigenvalue weighted by molar-refractivity contribution is 5.87. The van der Waals surface area contributed by atoms with E-state index in [1.807, 2.05) is 0 Å². The van der Waals surface area contributed by atoms with E-state index in [0.29, 0.717) is 25.2 Å². The van der Waals surface area contributed by atoms with Gasteiger partial charge in [0.15, 0.2) is 11.5 Å². The zero-order chi connectivity index (χ0) is 17.6. The molecule has 1 aromatic carbocycles. The van der Waals surface area contributed by atoms with Crippen LogP contribution in [0.1, 0.15) is 12.8 Å². The third kappa shape index (κ3) is 2.57. The fraction of sp³-hybridized carbons (Fsp3) is 0.235. The predicted octanol–water partition coefficient (Wildman–Crippen LogP) is 3.85. The lowest BCUT2D eigenvalue weighted by atomic mass is 10.0. The van der Waals surface area contributed by atoms with Crippen LogP contribution in [0.5, 0.6) is 0 Å². The molecule has 0 radical (unpaired) electrons. The molecule has 0 amide bonds. The first-order valence-electron chi connectivity index (χ1n) is 7.76. The van der Waals surface area contributed by atoms with Gasteiger partial charge >= 0.3 is 0 Å². The maximum Gasteiger partial charge on any atom is 0.183 e. The summed E-state index contributed by atoms with van der Waals surface area (Å²) >= 11 is 0. The molecule has 0 unspecified atom stereocenters. The van der Waals surface area contributed by atoms with E-state index in [1.165, 1.54) is 12.4 Å². The number of halogens is 4. The molecule has 2 aromatic heterocycles. The molecular formula is C17H12F4N4. The van der Waals surface area contributed by atoms with Crippen LogP contribution in [-0.4, -0.2) is 28.0 Å². The number of aromatic nitrogens is 3. The second-order valence-electron chi connectivity index (χ2n) is 5.79. The van der Waals surface area contributed by atoms with Gasteiger partial charge in [-0.3, -0.25) is 0 Å². The van der Waals surface area contributed by atoms with Crippen molar-refractivity contribution >= 4 is 17.0 Å². The van der Waals surface area contributed by atoms with E-state index in [1.54, 1.807) is 4.90 Å². The maximum absolute atomic E-state index is 15.1. The number of anilines is 1. The highest BCUT2D eigenvalue weighted by atomic mass is 19.1. The minimum absolute atomic E-state index is 0.0496. The molecule has 128 valence electrons. The van der Waals surface area contributed by atoms with Gasteiger partial charge in [0.2, 0.25) is 0 Å². The van der Waals surface area contributed by atoms with Crippen LogP contribution in [0.15, 0.2) is 24.5 Å². The molecule has 0 N–H and O–H groups in total. The average Bonchev–Trinajstić information content (AvgIpc) is 3.10. The third-order valence-electron chi connectivity index (χ3n) is 4.20. The van der Waals surface area contributed by atoms with Gasteiger partial charge in [-0.25, -0.2) is 32.5 Å². The maximum atomic E-state index is 15.1. The highest BCUT2D eigenvalue weighted by Gasteiger charge is 2.28. The summed E-state index contributed by atoms with van der Waals surface area (Å²) in [6.45, 7) is 1.16. The fourth-order valence-electron chi connectivity index (χ4n) is 3.10. The Morgan fingerprint density at radius 3 is 2.16 bits per heavy atom. The molecule has 1 aliphatic heterocycles. The molecular weight excluding hydrogens is 336 g/mol. The van der Waals surface area contributed by atoms with Crippen molar-refractivity contribution < 1.29 is 17.6 Å². The molecule has 0 atom stereocenters. The van der Waals surface area contributed by atoms with Gasteiger partial charge in [-0.1, -0.05) is 0 Å². The summed E-state index contributed by atoms with van der Waals surface area (Å²) in [5.74, 6) is -4.30. The molecule has 0 aliphatic carbocycles. The largest absolute Gasteiger partial charge is 0.356 e. The molecule has 3 aromatic rings. The Kier molecular flexibility index (Phi) is 3.74. The smallest absolute Gasteiger partial charge is 0.183 e. The van der Waals surface area contributed by atoms with Crippen molar-refractivity contribution in [2.24, 2.45) is 0 Å². The molecule has 3 heterocycles. The molecule has 25 heavy (non-hydrogen) atoms. The first kappa shape index (κ1) is 15.7. The van der Waals surface area contributed by atoms with Crippen molar-refractivity contribution in [2.75, 3.05) is 18.0 Å². The van der Waals surface area contributed by atoms with Crippen LogP contribution >= 0.6 is 0 Å². The number of pyridine rings is 1. The Labute approximate surface area is 140 Å².